The van der Waals surface area contributed by atoms with Crippen LogP contribution in [0.15, 0.2) is 24.3 Å². The van der Waals surface area contributed by atoms with E-state index in [1.807, 2.05) is 19.9 Å². The Morgan fingerprint density at radius 1 is 1.30 bits per heavy atom. The summed E-state index contributed by atoms with van der Waals surface area (Å²) in [7, 11) is 0. The number of carbonyl (C=O) groups excluding carboxylic acids is 2. The summed E-state index contributed by atoms with van der Waals surface area (Å²) in [4.78, 5) is 24.8. The first-order chi connectivity index (χ1) is 9.43. The summed E-state index contributed by atoms with van der Waals surface area (Å²) >= 11 is 0. The van der Waals surface area contributed by atoms with Crippen molar-refractivity contribution in [2.45, 2.75) is 33.2 Å². The zero-order valence-corrected chi connectivity index (χ0v) is 12.0. The van der Waals surface area contributed by atoms with Gasteiger partial charge in [0.1, 0.15) is 0 Å². The van der Waals surface area contributed by atoms with E-state index in [1.165, 1.54) is 11.8 Å². The topological polar surface area (TPSA) is 73.2 Å². The van der Waals surface area contributed by atoms with Crippen molar-refractivity contribution in [1.82, 2.24) is 5.32 Å². The van der Waals surface area contributed by atoms with Crippen molar-refractivity contribution in [1.29, 1.82) is 5.26 Å². The minimum absolute atomic E-state index is 0.0834. The van der Waals surface area contributed by atoms with Gasteiger partial charge < -0.3 is 10.2 Å². The molecule has 0 bridgehead atoms. The Morgan fingerprint density at radius 2 is 1.90 bits per heavy atom. The van der Waals surface area contributed by atoms with E-state index in [4.69, 9.17) is 5.26 Å². The first kappa shape index (κ1) is 15.7. The van der Waals surface area contributed by atoms with Gasteiger partial charge in [-0.3, -0.25) is 9.59 Å². The second-order valence-electron chi connectivity index (χ2n) is 4.80. The summed E-state index contributed by atoms with van der Waals surface area (Å²) in [6.45, 7) is 5.56. The number of hydrogen-bond acceptors (Lipinski definition) is 3. The van der Waals surface area contributed by atoms with Gasteiger partial charge in [0.15, 0.2) is 0 Å². The highest BCUT2D eigenvalue weighted by Crippen LogP contribution is 2.15. The summed E-state index contributed by atoms with van der Waals surface area (Å²) in [6.07, 6.45) is 0.248. The molecule has 0 aromatic heterocycles. The predicted molar refractivity (Wildman–Crippen MR) is 77.1 cm³/mol. The van der Waals surface area contributed by atoms with Crippen LogP contribution in [0.3, 0.4) is 0 Å². The van der Waals surface area contributed by atoms with Gasteiger partial charge in [-0.15, -0.1) is 0 Å². The molecule has 0 radical (unpaired) electrons. The standard InChI is InChI=1S/C15H19N3O2/c1-11(2)17-15(20)8-9-18(12(3)19)14-6-4-13(10-16)5-7-14/h4-7,11H,8-9H2,1-3H3,(H,17,20). The third-order valence-corrected chi connectivity index (χ3v) is 2.70. The Hall–Kier alpha value is -2.35. The molecule has 0 unspecified atom stereocenters. The molecule has 1 aromatic rings. The van der Waals surface area contributed by atoms with Crippen LogP contribution in [0.25, 0.3) is 0 Å². The van der Waals surface area contributed by atoms with Gasteiger partial charge in [0, 0.05) is 31.6 Å². The Balaban J connectivity index is 2.72. The van der Waals surface area contributed by atoms with E-state index < -0.39 is 0 Å². The van der Waals surface area contributed by atoms with Crippen LogP contribution in [-0.2, 0) is 9.59 Å². The molecule has 5 heteroatoms. The molecule has 1 N–H and O–H groups in total. The molecule has 1 rings (SSSR count). The van der Waals surface area contributed by atoms with Crippen molar-refractivity contribution >= 4 is 17.5 Å². The van der Waals surface area contributed by atoms with Crippen LogP contribution < -0.4 is 10.2 Å². The van der Waals surface area contributed by atoms with Crippen LogP contribution in [0.2, 0.25) is 0 Å². The monoisotopic (exact) mass is 273 g/mol. The van der Waals surface area contributed by atoms with Gasteiger partial charge in [0.2, 0.25) is 11.8 Å². The van der Waals surface area contributed by atoms with Gasteiger partial charge in [-0.05, 0) is 38.1 Å². The molecule has 0 atom stereocenters. The SMILES string of the molecule is CC(=O)N(CCC(=O)NC(C)C)c1ccc(C#N)cc1. The molecule has 0 aliphatic carbocycles. The zero-order chi connectivity index (χ0) is 15.1. The number of amides is 2. The summed E-state index contributed by atoms with van der Waals surface area (Å²) in [6, 6.07) is 8.83. The quantitative estimate of drug-likeness (QED) is 0.889. The summed E-state index contributed by atoms with van der Waals surface area (Å²) in [5.74, 6) is -0.216. The lowest BCUT2D eigenvalue weighted by atomic mass is 10.2. The van der Waals surface area contributed by atoms with Crippen LogP contribution >= 0.6 is 0 Å². The van der Waals surface area contributed by atoms with E-state index in [-0.39, 0.29) is 24.3 Å². The van der Waals surface area contributed by atoms with Gasteiger partial charge in [-0.1, -0.05) is 0 Å². The van der Waals surface area contributed by atoms with Crippen molar-refractivity contribution < 1.29 is 9.59 Å². The maximum absolute atomic E-state index is 11.7. The highest BCUT2D eigenvalue weighted by atomic mass is 16.2. The number of hydrogen-bond donors (Lipinski definition) is 1. The second kappa shape index (κ2) is 7.29. The molecule has 0 saturated carbocycles. The number of nitrogens with zero attached hydrogens (tertiary/aromatic N) is 2. The third kappa shape index (κ3) is 4.73. The Morgan fingerprint density at radius 3 is 2.35 bits per heavy atom. The van der Waals surface area contributed by atoms with Gasteiger partial charge in [0.25, 0.3) is 0 Å². The highest BCUT2D eigenvalue weighted by molar-refractivity contribution is 5.92. The fraction of sp³-hybridized carbons (Fsp3) is 0.400. The normalized spacial score (nSPS) is 9.95. The molecule has 5 nitrogen and oxygen atoms in total. The van der Waals surface area contributed by atoms with Gasteiger partial charge >= 0.3 is 0 Å². The van der Waals surface area contributed by atoms with E-state index in [9.17, 15) is 9.59 Å². The molecule has 0 aliphatic heterocycles. The average Bonchev–Trinajstić information content (AvgIpc) is 2.38. The Labute approximate surface area is 119 Å². The molecule has 0 saturated heterocycles. The second-order valence-corrected chi connectivity index (χ2v) is 4.80. The predicted octanol–water partition coefficient (Wildman–Crippen LogP) is 1.83. The van der Waals surface area contributed by atoms with Crippen molar-refractivity contribution in [3.63, 3.8) is 0 Å². The lowest BCUT2D eigenvalue weighted by Crippen LogP contribution is -2.36. The van der Waals surface area contributed by atoms with Gasteiger partial charge in [0.05, 0.1) is 11.6 Å². The van der Waals surface area contributed by atoms with Crippen LogP contribution in [0, 0.1) is 11.3 Å². The lowest BCUT2D eigenvalue weighted by molar-refractivity contribution is -0.121. The number of benzene rings is 1. The van der Waals surface area contributed by atoms with Gasteiger partial charge in [-0.2, -0.15) is 5.26 Å². The third-order valence-electron chi connectivity index (χ3n) is 2.70. The van der Waals surface area contributed by atoms with E-state index in [1.54, 1.807) is 24.3 Å². The molecule has 0 aliphatic rings. The largest absolute Gasteiger partial charge is 0.354 e. The first-order valence-electron chi connectivity index (χ1n) is 6.51. The summed E-state index contributed by atoms with van der Waals surface area (Å²) < 4.78 is 0. The van der Waals surface area contributed by atoms with Crippen LogP contribution in [-0.4, -0.2) is 24.4 Å². The molecule has 0 heterocycles. The molecule has 0 spiro atoms. The molecule has 0 fully saturated rings. The fourth-order valence-corrected chi connectivity index (χ4v) is 1.79. The van der Waals surface area contributed by atoms with Crippen molar-refractivity contribution in [2.24, 2.45) is 0 Å². The fourth-order valence-electron chi connectivity index (χ4n) is 1.79. The minimum Gasteiger partial charge on any atom is -0.354 e. The van der Waals surface area contributed by atoms with E-state index in [2.05, 4.69) is 5.32 Å². The van der Waals surface area contributed by atoms with Crippen LogP contribution in [0.5, 0.6) is 0 Å². The number of nitrogens with one attached hydrogen (secondary N) is 1. The number of rotatable bonds is 5. The molecular weight excluding hydrogens is 254 g/mol. The van der Waals surface area contributed by atoms with E-state index in [0.717, 1.165) is 0 Å². The maximum Gasteiger partial charge on any atom is 0.223 e. The zero-order valence-electron chi connectivity index (χ0n) is 12.0. The van der Waals surface area contributed by atoms with Crippen molar-refractivity contribution in [2.75, 3.05) is 11.4 Å². The highest BCUT2D eigenvalue weighted by Gasteiger charge is 2.13. The van der Waals surface area contributed by atoms with Crippen LogP contribution in [0.1, 0.15) is 32.8 Å². The smallest absolute Gasteiger partial charge is 0.223 e. The van der Waals surface area contributed by atoms with Gasteiger partial charge in [-0.25, -0.2) is 0 Å². The Kier molecular flexibility index (Phi) is 5.73. The maximum atomic E-state index is 11.7. The minimum atomic E-state index is -0.132. The molecule has 1 aromatic carbocycles. The van der Waals surface area contributed by atoms with E-state index in [0.29, 0.717) is 17.8 Å². The molecule has 106 valence electrons. The number of nitriles is 1. The lowest BCUT2D eigenvalue weighted by Gasteiger charge is -2.21. The number of anilines is 1. The van der Waals surface area contributed by atoms with Crippen molar-refractivity contribution in [3.05, 3.63) is 29.8 Å². The summed E-state index contributed by atoms with van der Waals surface area (Å²) in [5, 5.41) is 11.5. The average molecular weight is 273 g/mol. The van der Waals surface area contributed by atoms with Crippen LogP contribution in [0.4, 0.5) is 5.69 Å². The Bertz CT molecular complexity index is 515. The van der Waals surface area contributed by atoms with E-state index >= 15 is 0 Å². The molecule has 20 heavy (non-hydrogen) atoms. The number of carbonyl (C=O) groups is 2. The molecule has 2 amide bonds. The first-order valence-corrected chi connectivity index (χ1v) is 6.51. The van der Waals surface area contributed by atoms with Crippen molar-refractivity contribution in [3.8, 4) is 6.07 Å². The molecular formula is C15H19N3O2. The summed E-state index contributed by atoms with van der Waals surface area (Å²) in [5.41, 5.74) is 1.23.